The highest BCUT2D eigenvalue weighted by molar-refractivity contribution is 7.89. The van der Waals surface area contributed by atoms with Gasteiger partial charge >= 0.3 is 0 Å². The van der Waals surface area contributed by atoms with E-state index in [1.807, 2.05) is 20.8 Å². The number of nitrogens with zero attached hydrogens (tertiary/aromatic N) is 2. The van der Waals surface area contributed by atoms with E-state index in [2.05, 4.69) is 0 Å². The van der Waals surface area contributed by atoms with E-state index in [-0.39, 0.29) is 23.3 Å². The van der Waals surface area contributed by atoms with Crippen LogP contribution >= 0.6 is 11.6 Å². The Kier molecular flexibility index (Phi) is 6.28. The van der Waals surface area contributed by atoms with Gasteiger partial charge in [0.2, 0.25) is 15.9 Å². The van der Waals surface area contributed by atoms with Crippen molar-refractivity contribution in [2.24, 2.45) is 5.92 Å². The van der Waals surface area contributed by atoms with Gasteiger partial charge in [-0.2, -0.15) is 4.31 Å². The minimum atomic E-state index is -3.63. The molecule has 1 atom stereocenters. The summed E-state index contributed by atoms with van der Waals surface area (Å²) in [5, 5.41) is 0.434. The first-order valence-corrected chi connectivity index (χ1v) is 10.2. The summed E-state index contributed by atoms with van der Waals surface area (Å²) in [6, 6.07) is 4.77. The SMILES string of the molecule is CCN(CC)C(=O)C1CCCN(S(=O)(=O)c2ccc(C)c(Cl)c2)C1. The third-order valence-electron chi connectivity index (χ3n) is 4.59. The van der Waals surface area contributed by atoms with Crippen LogP contribution in [0.1, 0.15) is 32.3 Å². The standard InChI is InChI=1S/C17H25ClN2O3S/c1-4-19(5-2)17(21)14-7-6-10-20(12-14)24(22,23)15-9-8-13(3)16(18)11-15/h8-9,11,14H,4-7,10,12H2,1-3H3. The number of hydrogen-bond acceptors (Lipinski definition) is 3. The number of sulfonamides is 1. The van der Waals surface area contributed by atoms with Crippen molar-refractivity contribution in [1.82, 2.24) is 9.21 Å². The maximum atomic E-state index is 12.9. The zero-order valence-corrected chi connectivity index (χ0v) is 16.0. The van der Waals surface area contributed by atoms with Gasteiger partial charge in [0.05, 0.1) is 10.8 Å². The molecule has 7 heteroatoms. The van der Waals surface area contributed by atoms with E-state index in [1.165, 1.54) is 10.4 Å². The second kappa shape index (κ2) is 7.85. The Balaban J connectivity index is 2.21. The fourth-order valence-corrected chi connectivity index (χ4v) is 4.83. The summed E-state index contributed by atoms with van der Waals surface area (Å²) in [5.41, 5.74) is 0.837. The van der Waals surface area contributed by atoms with Gasteiger partial charge in [0.15, 0.2) is 0 Å². The Hall–Kier alpha value is -1.11. The third-order valence-corrected chi connectivity index (χ3v) is 6.86. The van der Waals surface area contributed by atoms with Crippen LogP contribution in [0.3, 0.4) is 0 Å². The van der Waals surface area contributed by atoms with E-state index in [4.69, 9.17) is 11.6 Å². The smallest absolute Gasteiger partial charge is 0.243 e. The maximum Gasteiger partial charge on any atom is 0.243 e. The van der Waals surface area contributed by atoms with Gasteiger partial charge in [-0.25, -0.2) is 8.42 Å². The molecule has 1 aliphatic heterocycles. The molecule has 0 aromatic heterocycles. The van der Waals surface area contributed by atoms with Crippen LogP contribution in [-0.4, -0.2) is 49.7 Å². The van der Waals surface area contributed by atoms with E-state index in [1.54, 1.807) is 17.0 Å². The van der Waals surface area contributed by atoms with E-state index in [0.29, 0.717) is 31.1 Å². The van der Waals surface area contributed by atoms with E-state index < -0.39 is 10.0 Å². The number of benzene rings is 1. The average Bonchev–Trinajstić information content (AvgIpc) is 2.58. The average molecular weight is 373 g/mol. The van der Waals surface area contributed by atoms with Crippen LogP contribution in [-0.2, 0) is 14.8 Å². The lowest BCUT2D eigenvalue weighted by Crippen LogP contribution is -2.46. The molecule has 1 saturated heterocycles. The first kappa shape index (κ1) is 19.2. The Bertz CT molecular complexity index is 702. The molecule has 24 heavy (non-hydrogen) atoms. The van der Waals surface area contributed by atoms with Gasteiger partial charge in [-0.1, -0.05) is 17.7 Å². The lowest BCUT2D eigenvalue weighted by Gasteiger charge is -2.33. The number of amides is 1. The second-order valence-corrected chi connectivity index (χ2v) is 8.47. The summed E-state index contributed by atoms with van der Waals surface area (Å²) in [6.45, 7) is 7.68. The highest BCUT2D eigenvalue weighted by Gasteiger charge is 2.34. The lowest BCUT2D eigenvalue weighted by atomic mass is 9.98. The van der Waals surface area contributed by atoms with Crippen molar-refractivity contribution in [3.05, 3.63) is 28.8 Å². The Morgan fingerprint density at radius 1 is 1.33 bits per heavy atom. The van der Waals surface area contributed by atoms with Crippen molar-refractivity contribution in [2.75, 3.05) is 26.2 Å². The molecule has 0 radical (unpaired) electrons. The van der Waals surface area contributed by atoms with Gasteiger partial charge in [0.1, 0.15) is 0 Å². The van der Waals surface area contributed by atoms with Crippen molar-refractivity contribution in [3.63, 3.8) is 0 Å². The van der Waals surface area contributed by atoms with Crippen molar-refractivity contribution in [3.8, 4) is 0 Å². The largest absolute Gasteiger partial charge is 0.343 e. The van der Waals surface area contributed by atoms with Crippen LogP contribution in [0.4, 0.5) is 0 Å². The Morgan fingerprint density at radius 2 is 2.00 bits per heavy atom. The van der Waals surface area contributed by atoms with Crippen molar-refractivity contribution >= 4 is 27.5 Å². The zero-order valence-electron chi connectivity index (χ0n) is 14.5. The van der Waals surface area contributed by atoms with Gasteiger partial charge in [-0.15, -0.1) is 0 Å². The third kappa shape index (κ3) is 3.92. The summed E-state index contributed by atoms with van der Waals surface area (Å²) in [4.78, 5) is 14.5. The summed E-state index contributed by atoms with van der Waals surface area (Å²) in [6.07, 6.45) is 1.42. The fraction of sp³-hybridized carbons (Fsp3) is 0.588. The van der Waals surface area contributed by atoms with Crippen LogP contribution < -0.4 is 0 Å². The molecule has 1 unspecified atom stereocenters. The van der Waals surface area contributed by atoms with Gasteiger partial charge in [0, 0.05) is 31.2 Å². The molecule has 1 heterocycles. The van der Waals surface area contributed by atoms with Gasteiger partial charge in [-0.05, 0) is 51.3 Å². The van der Waals surface area contributed by atoms with Crippen LogP contribution in [0.2, 0.25) is 5.02 Å². The summed E-state index contributed by atoms with van der Waals surface area (Å²) in [7, 11) is -3.63. The van der Waals surface area contributed by atoms with Gasteiger partial charge < -0.3 is 4.90 Å². The summed E-state index contributed by atoms with van der Waals surface area (Å²) < 4.78 is 27.2. The van der Waals surface area contributed by atoms with E-state index >= 15 is 0 Å². The van der Waals surface area contributed by atoms with Crippen molar-refractivity contribution in [1.29, 1.82) is 0 Å². The van der Waals surface area contributed by atoms with E-state index in [0.717, 1.165) is 12.0 Å². The van der Waals surface area contributed by atoms with Crippen molar-refractivity contribution in [2.45, 2.75) is 38.5 Å². The molecule has 0 aliphatic carbocycles. The topological polar surface area (TPSA) is 57.7 Å². The van der Waals surface area contributed by atoms with Crippen LogP contribution in [0.25, 0.3) is 0 Å². The molecule has 1 aromatic carbocycles. The number of piperidine rings is 1. The molecule has 1 aliphatic rings. The molecule has 1 amide bonds. The highest BCUT2D eigenvalue weighted by atomic mass is 35.5. The summed E-state index contributed by atoms with van der Waals surface area (Å²) >= 11 is 6.07. The first-order valence-electron chi connectivity index (χ1n) is 8.36. The van der Waals surface area contributed by atoms with E-state index in [9.17, 15) is 13.2 Å². The number of carbonyl (C=O) groups is 1. The quantitative estimate of drug-likeness (QED) is 0.798. The van der Waals surface area contributed by atoms with Gasteiger partial charge in [0.25, 0.3) is 0 Å². The van der Waals surface area contributed by atoms with Crippen LogP contribution in [0.15, 0.2) is 23.1 Å². The predicted octanol–water partition coefficient (Wildman–Crippen LogP) is 2.92. The molecule has 2 rings (SSSR count). The molecule has 0 saturated carbocycles. The minimum absolute atomic E-state index is 0.0434. The number of hydrogen-bond donors (Lipinski definition) is 0. The predicted molar refractivity (Wildman–Crippen MR) is 95.6 cm³/mol. The monoisotopic (exact) mass is 372 g/mol. The normalized spacial score (nSPS) is 19.2. The Labute approximate surface area is 149 Å². The molecule has 5 nitrogen and oxygen atoms in total. The lowest BCUT2D eigenvalue weighted by molar-refractivity contribution is -0.136. The molecule has 1 fully saturated rings. The zero-order chi connectivity index (χ0) is 17.9. The van der Waals surface area contributed by atoms with Crippen LogP contribution in [0, 0.1) is 12.8 Å². The van der Waals surface area contributed by atoms with Gasteiger partial charge in [-0.3, -0.25) is 4.79 Å². The second-order valence-electron chi connectivity index (χ2n) is 6.12. The number of carbonyl (C=O) groups excluding carboxylic acids is 1. The number of aryl methyl sites for hydroxylation is 1. The Morgan fingerprint density at radius 3 is 2.58 bits per heavy atom. The molecule has 0 N–H and O–H groups in total. The summed E-state index contributed by atoms with van der Waals surface area (Å²) in [5.74, 6) is -0.226. The number of halogens is 1. The molecule has 1 aromatic rings. The van der Waals surface area contributed by atoms with Crippen molar-refractivity contribution < 1.29 is 13.2 Å². The molecule has 0 bridgehead atoms. The fourth-order valence-electron chi connectivity index (χ4n) is 3.04. The maximum absolute atomic E-state index is 12.9. The minimum Gasteiger partial charge on any atom is -0.343 e. The number of rotatable bonds is 5. The molecular formula is C17H25ClN2O3S. The molecule has 134 valence electrons. The highest BCUT2D eigenvalue weighted by Crippen LogP contribution is 2.27. The molecule has 0 spiro atoms. The first-order chi connectivity index (χ1) is 11.3. The molecular weight excluding hydrogens is 348 g/mol. The van der Waals surface area contributed by atoms with Crippen LogP contribution in [0.5, 0.6) is 0 Å².